The second-order valence-corrected chi connectivity index (χ2v) is 4.16. The van der Waals surface area contributed by atoms with Crippen LogP contribution in [0.1, 0.15) is 27.7 Å². The standard InChI is InChI=1S/C10H23NO2/c1-5-13-8-10(4,12)7-11-6-9(2)3/h9,11-12H,5-8H2,1-4H3. The molecule has 2 N–H and O–H groups in total. The van der Waals surface area contributed by atoms with Gasteiger partial charge in [-0.2, -0.15) is 0 Å². The topological polar surface area (TPSA) is 41.5 Å². The molecule has 0 saturated heterocycles. The summed E-state index contributed by atoms with van der Waals surface area (Å²) in [6.07, 6.45) is 0. The molecular formula is C10H23NO2. The van der Waals surface area contributed by atoms with Crippen molar-refractivity contribution in [3.63, 3.8) is 0 Å². The molecule has 13 heavy (non-hydrogen) atoms. The first-order chi connectivity index (χ1) is 5.98. The van der Waals surface area contributed by atoms with Gasteiger partial charge in [0.2, 0.25) is 0 Å². The van der Waals surface area contributed by atoms with Crippen molar-refractivity contribution in [3.8, 4) is 0 Å². The van der Waals surface area contributed by atoms with Crippen LogP contribution in [0, 0.1) is 5.92 Å². The van der Waals surface area contributed by atoms with Gasteiger partial charge in [0.05, 0.1) is 12.2 Å². The molecule has 0 spiro atoms. The van der Waals surface area contributed by atoms with Crippen LogP contribution in [0.5, 0.6) is 0 Å². The molecule has 0 bridgehead atoms. The van der Waals surface area contributed by atoms with Crippen LogP contribution in [0.3, 0.4) is 0 Å². The van der Waals surface area contributed by atoms with E-state index in [4.69, 9.17) is 4.74 Å². The molecule has 0 amide bonds. The lowest BCUT2D eigenvalue weighted by molar-refractivity contribution is -0.0291. The Labute approximate surface area is 81.5 Å². The van der Waals surface area contributed by atoms with Crippen molar-refractivity contribution < 1.29 is 9.84 Å². The third-order valence-corrected chi connectivity index (χ3v) is 1.68. The highest BCUT2D eigenvalue weighted by Gasteiger charge is 2.19. The molecule has 80 valence electrons. The monoisotopic (exact) mass is 189 g/mol. The number of hydrogen-bond donors (Lipinski definition) is 2. The zero-order chi connectivity index (χ0) is 10.3. The van der Waals surface area contributed by atoms with Gasteiger partial charge in [0.15, 0.2) is 0 Å². The van der Waals surface area contributed by atoms with Crippen molar-refractivity contribution in [2.75, 3.05) is 26.3 Å². The molecule has 0 aromatic rings. The van der Waals surface area contributed by atoms with Gasteiger partial charge >= 0.3 is 0 Å². The molecule has 3 nitrogen and oxygen atoms in total. The summed E-state index contributed by atoms with van der Waals surface area (Å²) in [5.41, 5.74) is -0.745. The molecular weight excluding hydrogens is 166 g/mol. The van der Waals surface area contributed by atoms with E-state index in [0.717, 1.165) is 6.54 Å². The first-order valence-electron chi connectivity index (χ1n) is 4.99. The van der Waals surface area contributed by atoms with E-state index < -0.39 is 5.60 Å². The second-order valence-electron chi connectivity index (χ2n) is 4.16. The molecule has 0 aliphatic rings. The van der Waals surface area contributed by atoms with E-state index in [-0.39, 0.29) is 0 Å². The van der Waals surface area contributed by atoms with Crippen LogP contribution in [0.4, 0.5) is 0 Å². The van der Waals surface area contributed by atoms with Crippen molar-refractivity contribution in [1.29, 1.82) is 0 Å². The Morgan fingerprint density at radius 2 is 2.08 bits per heavy atom. The quantitative estimate of drug-likeness (QED) is 0.628. The van der Waals surface area contributed by atoms with Crippen LogP contribution in [0.2, 0.25) is 0 Å². The van der Waals surface area contributed by atoms with Gasteiger partial charge in [-0.15, -0.1) is 0 Å². The zero-order valence-corrected chi connectivity index (χ0v) is 9.26. The number of hydrogen-bond acceptors (Lipinski definition) is 3. The zero-order valence-electron chi connectivity index (χ0n) is 9.26. The number of nitrogens with one attached hydrogen (secondary N) is 1. The predicted octanol–water partition coefficient (Wildman–Crippen LogP) is 1.02. The molecule has 0 aliphatic heterocycles. The lowest BCUT2D eigenvalue weighted by Crippen LogP contribution is -2.42. The molecule has 0 radical (unpaired) electrons. The molecule has 0 saturated carbocycles. The highest BCUT2D eigenvalue weighted by atomic mass is 16.5. The van der Waals surface area contributed by atoms with E-state index in [1.54, 1.807) is 6.92 Å². The summed E-state index contributed by atoms with van der Waals surface area (Å²) in [5.74, 6) is 0.614. The normalized spacial score (nSPS) is 16.2. The molecule has 0 aromatic carbocycles. The van der Waals surface area contributed by atoms with Crippen molar-refractivity contribution in [1.82, 2.24) is 5.32 Å². The summed E-state index contributed by atoms with van der Waals surface area (Å²) in [5, 5.41) is 13.0. The average Bonchev–Trinajstić information content (AvgIpc) is 2.00. The lowest BCUT2D eigenvalue weighted by atomic mass is 10.1. The summed E-state index contributed by atoms with van der Waals surface area (Å²) in [6.45, 7) is 10.6. The fraction of sp³-hybridized carbons (Fsp3) is 1.00. The molecule has 0 aromatic heterocycles. The van der Waals surface area contributed by atoms with E-state index in [1.165, 1.54) is 0 Å². The van der Waals surface area contributed by atoms with Crippen LogP contribution in [-0.2, 0) is 4.74 Å². The maximum Gasteiger partial charge on any atom is 0.0975 e. The Morgan fingerprint density at radius 3 is 2.54 bits per heavy atom. The van der Waals surface area contributed by atoms with Crippen LogP contribution < -0.4 is 5.32 Å². The first kappa shape index (κ1) is 12.9. The van der Waals surface area contributed by atoms with Gasteiger partial charge in [-0.1, -0.05) is 13.8 Å². The lowest BCUT2D eigenvalue weighted by Gasteiger charge is -2.23. The minimum Gasteiger partial charge on any atom is -0.386 e. The second kappa shape index (κ2) is 6.35. The average molecular weight is 189 g/mol. The fourth-order valence-corrected chi connectivity index (χ4v) is 1.00. The fourth-order valence-electron chi connectivity index (χ4n) is 1.00. The largest absolute Gasteiger partial charge is 0.386 e. The van der Waals surface area contributed by atoms with Crippen LogP contribution in [-0.4, -0.2) is 37.0 Å². The minimum absolute atomic E-state index is 0.397. The third-order valence-electron chi connectivity index (χ3n) is 1.68. The number of rotatable bonds is 7. The van der Waals surface area contributed by atoms with Crippen LogP contribution in [0.25, 0.3) is 0 Å². The van der Waals surface area contributed by atoms with E-state index in [2.05, 4.69) is 19.2 Å². The number of ether oxygens (including phenoxy) is 1. The van der Waals surface area contributed by atoms with Crippen LogP contribution in [0.15, 0.2) is 0 Å². The Balaban J connectivity index is 3.50. The Kier molecular flexibility index (Phi) is 6.29. The highest BCUT2D eigenvalue weighted by Crippen LogP contribution is 2.02. The SMILES string of the molecule is CCOCC(C)(O)CNCC(C)C. The summed E-state index contributed by atoms with van der Waals surface area (Å²) in [4.78, 5) is 0. The van der Waals surface area contributed by atoms with E-state index in [0.29, 0.717) is 25.7 Å². The van der Waals surface area contributed by atoms with Crippen molar-refractivity contribution >= 4 is 0 Å². The molecule has 0 heterocycles. The summed E-state index contributed by atoms with van der Waals surface area (Å²) >= 11 is 0. The Hall–Kier alpha value is -0.120. The Morgan fingerprint density at radius 1 is 1.46 bits per heavy atom. The van der Waals surface area contributed by atoms with Crippen molar-refractivity contribution in [2.24, 2.45) is 5.92 Å². The Bertz CT molecular complexity index is 124. The molecule has 0 fully saturated rings. The molecule has 1 atom stereocenters. The van der Waals surface area contributed by atoms with Crippen LogP contribution >= 0.6 is 0 Å². The van der Waals surface area contributed by atoms with Gasteiger partial charge in [0, 0.05) is 13.2 Å². The summed E-state index contributed by atoms with van der Waals surface area (Å²) < 4.78 is 5.17. The van der Waals surface area contributed by atoms with Gasteiger partial charge in [-0.3, -0.25) is 0 Å². The predicted molar refractivity (Wildman–Crippen MR) is 54.8 cm³/mol. The van der Waals surface area contributed by atoms with Gasteiger partial charge in [0.25, 0.3) is 0 Å². The molecule has 3 heteroatoms. The van der Waals surface area contributed by atoms with Gasteiger partial charge in [-0.25, -0.2) is 0 Å². The minimum atomic E-state index is -0.745. The van der Waals surface area contributed by atoms with E-state index in [9.17, 15) is 5.11 Å². The third kappa shape index (κ3) is 8.22. The van der Waals surface area contributed by atoms with E-state index in [1.807, 2.05) is 6.92 Å². The molecule has 1 unspecified atom stereocenters. The first-order valence-corrected chi connectivity index (χ1v) is 4.99. The number of aliphatic hydroxyl groups is 1. The maximum absolute atomic E-state index is 9.77. The van der Waals surface area contributed by atoms with Gasteiger partial charge in [0.1, 0.15) is 0 Å². The highest BCUT2D eigenvalue weighted by molar-refractivity contribution is 4.74. The summed E-state index contributed by atoms with van der Waals surface area (Å²) in [6, 6.07) is 0. The van der Waals surface area contributed by atoms with Gasteiger partial charge < -0.3 is 15.2 Å². The smallest absolute Gasteiger partial charge is 0.0975 e. The molecule has 0 aliphatic carbocycles. The van der Waals surface area contributed by atoms with Crippen molar-refractivity contribution in [2.45, 2.75) is 33.3 Å². The molecule has 0 rings (SSSR count). The van der Waals surface area contributed by atoms with Crippen molar-refractivity contribution in [3.05, 3.63) is 0 Å². The van der Waals surface area contributed by atoms with E-state index >= 15 is 0 Å². The summed E-state index contributed by atoms with van der Waals surface area (Å²) in [7, 11) is 0. The van der Waals surface area contributed by atoms with Gasteiger partial charge in [-0.05, 0) is 26.3 Å². The maximum atomic E-state index is 9.77.